The van der Waals surface area contributed by atoms with E-state index in [0.29, 0.717) is 0 Å². The van der Waals surface area contributed by atoms with Crippen LogP contribution in [-0.2, 0) is 0 Å². The first-order valence-corrected chi connectivity index (χ1v) is 18.6. The van der Waals surface area contributed by atoms with E-state index in [1.165, 1.54) is 80.8 Å². The molecule has 0 spiro atoms. The minimum Gasteiger partial charge on any atom is -0.310 e. The SMILES string of the molecule is c1ccc(-c2c(-c3ccc(N(c4ccc(-c5ccc6ccccc6c5)cc4)c4cccc5sc6ccccc6c45)cc3)ccc3ccccc23)cc1. The number of fused-ring (bicyclic) bond motifs is 5. The molecule has 0 atom stereocenters. The van der Waals surface area contributed by atoms with Crippen molar-refractivity contribution < 1.29 is 0 Å². The van der Waals surface area contributed by atoms with Crippen LogP contribution >= 0.6 is 11.3 Å². The number of thiophene rings is 1. The number of hydrogen-bond donors (Lipinski definition) is 0. The van der Waals surface area contributed by atoms with Gasteiger partial charge < -0.3 is 4.90 Å². The second kappa shape index (κ2) is 12.7. The Hall–Kier alpha value is -6.48. The maximum absolute atomic E-state index is 2.42. The van der Waals surface area contributed by atoms with Crippen LogP contribution in [0.15, 0.2) is 200 Å². The molecule has 0 fully saturated rings. The van der Waals surface area contributed by atoms with Crippen LogP contribution in [-0.4, -0.2) is 0 Å². The van der Waals surface area contributed by atoms with Gasteiger partial charge in [0.05, 0.1) is 5.69 Å². The van der Waals surface area contributed by atoms with Gasteiger partial charge in [0.2, 0.25) is 0 Å². The van der Waals surface area contributed by atoms with Crippen molar-refractivity contribution in [2.45, 2.75) is 0 Å². The van der Waals surface area contributed by atoms with Crippen LogP contribution in [0.5, 0.6) is 0 Å². The fraction of sp³-hybridized carbons (Fsp3) is 0. The first-order valence-electron chi connectivity index (χ1n) is 17.8. The molecule has 9 aromatic carbocycles. The van der Waals surface area contributed by atoms with E-state index in [9.17, 15) is 0 Å². The Balaban J connectivity index is 1.12. The molecule has 0 aliphatic rings. The van der Waals surface area contributed by atoms with Crippen LogP contribution in [0.2, 0.25) is 0 Å². The van der Waals surface area contributed by atoms with Crippen LogP contribution in [0.1, 0.15) is 0 Å². The van der Waals surface area contributed by atoms with Crippen LogP contribution in [0.4, 0.5) is 17.1 Å². The number of rotatable bonds is 6. The predicted molar refractivity (Wildman–Crippen MR) is 225 cm³/mol. The van der Waals surface area contributed by atoms with Gasteiger partial charge in [-0.05, 0) is 103 Å². The highest BCUT2D eigenvalue weighted by Gasteiger charge is 2.19. The topological polar surface area (TPSA) is 3.24 Å². The summed E-state index contributed by atoms with van der Waals surface area (Å²) in [6, 6.07) is 72.9. The van der Waals surface area contributed by atoms with Crippen molar-refractivity contribution in [1.82, 2.24) is 0 Å². The summed E-state index contributed by atoms with van der Waals surface area (Å²) >= 11 is 1.86. The minimum atomic E-state index is 1.12. The summed E-state index contributed by atoms with van der Waals surface area (Å²) in [7, 11) is 0. The van der Waals surface area contributed by atoms with Gasteiger partial charge in [0.25, 0.3) is 0 Å². The van der Waals surface area contributed by atoms with Crippen LogP contribution in [0, 0.1) is 0 Å². The third kappa shape index (κ3) is 5.24. The highest BCUT2D eigenvalue weighted by atomic mass is 32.1. The van der Waals surface area contributed by atoms with E-state index in [1.807, 2.05) is 11.3 Å². The Morgan fingerprint density at radius 2 is 0.942 bits per heavy atom. The van der Waals surface area contributed by atoms with Crippen LogP contribution < -0.4 is 4.90 Å². The standard InChI is InChI=1S/C50H33NS/c1-2-13-38(14-3-1)49-43-16-7-6-12-36(43)27-32-44(49)37-25-30-42(31-26-37)51(46-18-10-20-48-50(46)45-17-8-9-19-47(45)52-48)41-28-23-35(24-29-41)40-22-21-34-11-4-5-15-39(34)33-40/h1-33H. The molecule has 0 N–H and O–H groups in total. The lowest BCUT2D eigenvalue weighted by Gasteiger charge is -2.27. The van der Waals surface area contributed by atoms with Gasteiger partial charge in [0.15, 0.2) is 0 Å². The molecule has 1 heterocycles. The van der Waals surface area contributed by atoms with E-state index in [4.69, 9.17) is 0 Å². The van der Waals surface area contributed by atoms with Crippen molar-refractivity contribution in [3.63, 3.8) is 0 Å². The zero-order valence-corrected chi connectivity index (χ0v) is 29.2. The third-order valence-corrected chi connectivity index (χ3v) is 11.4. The summed E-state index contributed by atoms with van der Waals surface area (Å²) in [5.41, 5.74) is 10.8. The third-order valence-electron chi connectivity index (χ3n) is 10.3. The lowest BCUT2D eigenvalue weighted by Crippen LogP contribution is -2.10. The maximum Gasteiger partial charge on any atom is 0.0554 e. The Morgan fingerprint density at radius 3 is 1.73 bits per heavy atom. The summed E-state index contributed by atoms with van der Waals surface area (Å²) in [6.45, 7) is 0. The second-order valence-electron chi connectivity index (χ2n) is 13.3. The van der Waals surface area contributed by atoms with Gasteiger partial charge in [-0.2, -0.15) is 0 Å². The van der Waals surface area contributed by atoms with Gasteiger partial charge in [-0.15, -0.1) is 11.3 Å². The number of nitrogens with zero attached hydrogens (tertiary/aromatic N) is 1. The van der Waals surface area contributed by atoms with Gasteiger partial charge in [-0.25, -0.2) is 0 Å². The van der Waals surface area contributed by atoms with Gasteiger partial charge in [-0.3, -0.25) is 0 Å². The number of hydrogen-bond acceptors (Lipinski definition) is 2. The fourth-order valence-corrected chi connectivity index (χ4v) is 8.89. The molecule has 0 saturated heterocycles. The molecule has 0 amide bonds. The van der Waals surface area contributed by atoms with Gasteiger partial charge in [0, 0.05) is 31.5 Å². The largest absolute Gasteiger partial charge is 0.310 e. The molecule has 0 aliphatic heterocycles. The molecule has 0 unspecified atom stereocenters. The minimum absolute atomic E-state index is 1.12. The van der Waals surface area contributed by atoms with E-state index in [2.05, 4.69) is 205 Å². The van der Waals surface area contributed by atoms with E-state index in [0.717, 1.165) is 11.4 Å². The molecule has 0 radical (unpaired) electrons. The van der Waals surface area contributed by atoms with E-state index < -0.39 is 0 Å². The summed E-state index contributed by atoms with van der Waals surface area (Å²) in [5.74, 6) is 0. The first-order chi connectivity index (χ1) is 25.8. The summed E-state index contributed by atoms with van der Waals surface area (Å²) in [5, 5.41) is 7.59. The van der Waals surface area contributed by atoms with Crippen LogP contribution in [0.25, 0.3) is 75.1 Å². The molecular formula is C50H33NS. The van der Waals surface area contributed by atoms with Crippen molar-refractivity contribution in [3.8, 4) is 33.4 Å². The highest BCUT2D eigenvalue weighted by molar-refractivity contribution is 7.26. The molecule has 1 aromatic heterocycles. The molecular weight excluding hydrogens is 647 g/mol. The molecule has 244 valence electrons. The quantitative estimate of drug-likeness (QED) is 0.169. The van der Waals surface area contributed by atoms with E-state index >= 15 is 0 Å². The van der Waals surface area contributed by atoms with E-state index in [-0.39, 0.29) is 0 Å². The van der Waals surface area contributed by atoms with Gasteiger partial charge in [-0.1, -0.05) is 152 Å². The molecule has 0 saturated carbocycles. The number of benzene rings is 9. The van der Waals surface area contributed by atoms with Crippen molar-refractivity contribution in [1.29, 1.82) is 0 Å². The zero-order valence-electron chi connectivity index (χ0n) is 28.4. The first kappa shape index (κ1) is 30.4. The Morgan fingerprint density at radius 1 is 0.346 bits per heavy atom. The number of anilines is 3. The van der Waals surface area contributed by atoms with Crippen LogP contribution in [0.3, 0.4) is 0 Å². The molecule has 10 aromatic rings. The maximum atomic E-state index is 2.42. The van der Waals surface area contributed by atoms with Crippen molar-refractivity contribution in [2.75, 3.05) is 4.90 Å². The monoisotopic (exact) mass is 679 g/mol. The summed E-state index contributed by atoms with van der Waals surface area (Å²) < 4.78 is 2.59. The lowest BCUT2D eigenvalue weighted by atomic mass is 9.90. The Labute approximate surface area is 307 Å². The van der Waals surface area contributed by atoms with Gasteiger partial charge >= 0.3 is 0 Å². The molecule has 10 rings (SSSR count). The van der Waals surface area contributed by atoms with Crippen molar-refractivity contribution in [2.24, 2.45) is 0 Å². The molecule has 2 heteroatoms. The normalized spacial score (nSPS) is 11.5. The van der Waals surface area contributed by atoms with Gasteiger partial charge in [0.1, 0.15) is 0 Å². The summed E-state index contributed by atoms with van der Waals surface area (Å²) in [4.78, 5) is 2.42. The predicted octanol–water partition coefficient (Wildman–Crippen LogP) is 14.8. The molecule has 0 aliphatic carbocycles. The molecule has 0 bridgehead atoms. The molecule has 1 nitrogen and oxygen atoms in total. The highest BCUT2D eigenvalue weighted by Crippen LogP contribution is 2.46. The zero-order chi connectivity index (χ0) is 34.4. The average molecular weight is 680 g/mol. The molecule has 52 heavy (non-hydrogen) atoms. The lowest BCUT2D eigenvalue weighted by molar-refractivity contribution is 1.30. The fourth-order valence-electron chi connectivity index (χ4n) is 7.76. The smallest absolute Gasteiger partial charge is 0.0554 e. The van der Waals surface area contributed by atoms with E-state index in [1.54, 1.807) is 0 Å². The van der Waals surface area contributed by atoms with Crippen molar-refractivity contribution >= 4 is 70.1 Å². The summed E-state index contributed by atoms with van der Waals surface area (Å²) in [6.07, 6.45) is 0. The second-order valence-corrected chi connectivity index (χ2v) is 14.4. The average Bonchev–Trinajstić information content (AvgIpc) is 3.61. The Bertz CT molecular complexity index is 2890. The Kier molecular flexibility index (Phi) is 7.41. The van der Waals surface area contributed by atoms with Crippen molar-refractivity contribution in [3.05, 3.63) is 200 Å².